The van der Waals surface area contributed by atoms with Gasteiger partial charge in [-0.25, -0.2) is 13.8 Å². The summed E-state index contributed by atoms with van der Waals surface area (Å²) in [6.07, 6.45) is -2.83. The summed E-state index contributed by atoms with van der Waals surface area (Å²) in [6.45, 7) is 0.0289. The van der Waals surface area contributed by atoms with E-state index in [9.17, 15) is 13.6 Å². The van der Waals surface area contributed by atoms with Gasteiger partial charge in [0, 0.05) is 11.0 Å². The molecule has 1 aromatic heterocycles. The summed E-state index contributed by atoms with van der Waals surface area (Å²) in [6, 6.07) is 1.51. The lowest BCUT2D eigenvalue weighted by atomic mass is 10.1. The predicted molar refractivity (Wildman–Crippen MR) is 60.5 cm³/mol. The average molecular weight is 309 g/mol. The number of esters is 1. The van der Waals surface area contributed by atoms with E-state index in [0.29, 0.717) is 11.3 Å². The summed E-state index contributed by atoms with van der Waals surface area (Å²) >= 11 is 3.01. The molecular weight excluding hydrogens is 298 g/mol. The summed E-state index contributed by atoms with van der Waals surface area (Å²) in [4.78, 5) is 14.8. The van der Waals surface area contributed by atoms with Crippen molar-refractivity contribution in [2.24, 2.45) is 5.73 Å². The highest BCUT2D eigenvalue weighted by molar-refractivity contribution is 9.10. The van der Waals surface area contributed by atoms with E-state index in [-0.39, 0.29) is 17.4 Å². The van der Waals surface area contributed by atoms with Crippen LogP contribution in [0.1, 0.15) is 23.4 Å². The van der Waals surface area contributed by atoms with Gasteiger partial charge in [0.15, 0.2) is 0 Å². The van der Waals surface area contributed by atoms with E-state index >= 15 is 0 Å². The van der Waals surface area contributed by atoms with E-state index in [4.69, 9.17) is 5.73 Å². The number of pyridine rings is 1. The zero-order valence-electron chi connectivity index (χ0n) is 9.04. The van der Waals surface area contributed by atoms with Gasteiger partial charge >= 0.3 is 5.97 Å². The minimum Gasteiger partial charge on any atom is -0.469 e. The fraction of sp³-hybridized carbons (Fsp3) is 0.400. The third-order valence-corrected chi connectivity index (χ3v) is 3.01. The average Bonchev–Trinajstić information content (AvgIpc) is 2.31. The molecular formula is C10H11BrF2N2O2. The SMILES string of the molecule is COC(=O)Cc1cc(CN)nc(C(F)F)c1Br. The van der Waals surface area contributed by atoms with E-state index in [1.165, 1.54) is 13.2 Å². The minimum atomic E-state index is -2.73. The first-order valence-corrected chi connectivity index (χ1v) is 5.52. The van der Waals surface area contributed by atoms with Crippen LogP contribution in [0.25, 0.3) is 0 Å². The van der Waals surface area contributed by atoms with Gasteiger partial charge in [0.1, 0.15) is 5.69 Å². The van der Waals surface area contributed by atoms with Crippen LogP contribution in [0, 0.1) is 0 Å². The van der Waals surface area contributed by atoms with Crippen LogP contribution in [0.3, 0.4) is 0 Å². The number of methoxy groups -OCH3 is 1. The third kappa shape index (κ3) is 3.44. The quantitative estimate of drug-likeness (QED) is 0.864. The molecule has 7 heteroatoms. The molecule has 0 aliphatic carbocycles. The Morgan fingerprint density at radius 2 is 2.29 bits per heavy atom. The first-order chi connectivity index (χ1) is 7.99. The van der Waals surface area contributed by atoms with Gasteiger partial charge in [0.2, 0.25) is 0 Å². The monoisotopic (exact) mass is 308 g/mol. The fourth-order valence-corrected chi connectivity index (χ4v) is 1.79. The number of alkyl halides is 2. The molecule has 0 aliphatic rings. The maximum Gasteiger partial charge on any atom is 0.310 e. The van der Waals surface area contributed by atoms with Crippen molar-refractivity contribution < 1.29 is 18.3 Å². The molecule has 0 spiro atoms. The van der Waals surface area contributed by atoms with E-state index < -0.39 is 18.1 Å². The van der Waals surface area contributed by atoms with Crippen molar-refractivity contribution in [2.75, 3.05) is 7.11 Å². The second-order valence-corrected chi connectivity index (χ2v) is 4.02. The second kappa shape index (κ2) is 6.02. The normalized spacial score (nSPS) is 10.7. The molecule has 0 aromatic carbocycles. The van der Waals surface area contributed by atoms with Crippen molar-refractivity contribution in [3.05, 3.63) is 27.5 Å². The number of ether oxygens (including phenoxy) is 1. The van der Waals surface area contributed by atoms with Crippen LogP contribution in [-0.4, -0.2) is 18.1 Å². The Kier molecular flexibility index (Phi) is 4.95. The summed E-state index contributed by atoms with van der Waals surface area (Å²) in [5, 5.41) is 0. The van der Waals surface area contributed by atoms with Crippen molar-refractivity contribution in [1.82, 2.24) is 4.98 Å². The van der Waals surface area contributed by atoms with Gasteiger partial charge in [-0.2, -0.15) is 0 Å². The number of rotatable bonds is 4. The number of nitrogens with zero attached hydrogens (tertiary/aromatic N) is 1. The number of aromatic nitrogens is 1. The molecule has 0 bridgehead atoms. The Bertz CT molecular complexity index is 427. The number of halogens is 3. The molecule has 94 valence electrons. The van der Waals surface area contributed by atoms with Crippen LogP contribution < -0.4 is 5.73 Å². The van der Waals surface area contributed by atoms with Gasteiger partial charge in [0.25, 0.3) is 6.43 Å². The molecule has 0 fully saturated rings. The van der Waals surface area contributed by atoms with Crippen molar-refractivity contribution >= 4 is 21.9 Å². The molecule has 0 radical (unpaired) electrons. The van der Waals surface area contributed by atoms with Gasteiger partial charge < -0.3 is 10.5 Å². The van der Waals surface area contributed by atoms with Gasteiger partial charge in [-0.05, 0) is 27.6 Å². The van der Waals surface area contributed by atoms with Crippen LogP contribution >= 0.6 is 15.9 Å². The molecule has 2 N–H and O–H groups in total. The van der Waals surface area contributed by atoms with Gasteiger partial charge in [-0.3, -0.25) is 4.79 Å². The second-order valence-electron chi connectivity index (χ2n) is 3.23. The maximum atomic E-state index is 12.7. The van der Waals surface area contributed by atoms with Crippen LogP contribution in [0.5, 0.6) is 0 Å². The van der Waals surface area contributed by atoms with Crippen molar-refractivity contribution in [3.8, 4) is 0 Å². The molecule has 4 nitrogen and oxygen atoms in total. The number of carbonyl (C=O) groups excluding carboxylic acids is 1. The minimum absolute atomic E-state index is 0.0289. The molecule has 1 rings (SSSR count). The summed E-state index contributed by atoms with van der Waals surface area (Å²) in [5.74, 6) is -0.514. The highest BCUT2D eigenvalue weighted by Gasteiger charge is 2.19. The largest absolute Gasteiger partial charge is 0.469 e. The van der Waals surface area contributed by atoms with E-state index in [1.54, 1.807) is 0 Å². The lowest BCUT2D eigenvalue weighted by molar-refractivity contribution is -0.139. The maximum absolute atomic E-state index is 12.7. The van der Waals surface area contributed by atoms with Crippen LogP contribution in [0.15, 0.2) is 10.5 Å². The highest BCUT2D eigenvalue weighted by atomic mass is 79.9. The molecule has 0 atom stereocenters. The van der Waals surface area contributed by atoms with Crippen molar-refractivity contribution in [1.29, 1.82) is 0 Å². The Morgan fingerprint density at radius 3 is 2.76 bits per heavy atom. The number of hydrogen-bond acceptors (Lipinski definition) is 4. The zero-order chi connectivity index (χ0) is 13.0. The topological polar surface area (TPSA) is 65.2 Å². The summed E-state index contributed by atoms with van der Waals surface area (Å²) < 4.78 is 30.0. The highest BCUT2D eigenvalue weighted by Crippen LogP contribution is 2.29. The summed E-state index contributed by atoms with van der Waals surface area (Å²) in [7, 11) is 1.23. The zero-order valence-corrected chi connectivity index (χ0v) is 10.6. The summed E-state index contributed by atoms with van der Waals surface area (Å²) in [5.41, 5.74) is 5.65. The standard InChI is InChI=1S/C10H11BrF2N2O2/c1-17-7(16)3-5-2-6(4-14)15-9(8(5)11)10(12)13/h2,10H,3-4,14H2,1H3. The molecule has 1 heterocycles. The first kappa shape index (κ1) is 14.0. The molecule has 0 aliphatic heterocycles. The van der Waals surface area contributed by atoms with Gasteiger partial charge in [-0.1, -0.05) is 0 Å². The first-order valence-electron chi connectivity index (χ1n) is 4.72. The van der Waals surface area contributed by atoms with Crippen LogP contribution in [0.2, 0.25) is 0 Å². The molecule has 0 unspecified atom stereocenters. The smallest absolute Gasteiger partial charge is 0.310 e. The molecule has 0 saturated carbocycles. The van der Waals surface area contributed by atoms with E-state index in [2.05, 4.69) is 25.7 Å². The molecule has 0 amide bonds. The number of carbonyl (C=O) groups is 1. The van der Waals surface area contributed by atoms with Gasteiger partial charge in [0.05, 0.1) is 19.2 Å². The van der Waals surface area contributed by atoms with Crippen molar-refractivity contribution in [3.63, 3.8) is 0 Å². The number of nitrogens with two attached hydrogens (primary N) is 1. The predicted octanol–water partition coefficient (Wildman–Crippen LogP) is 1.96. The van der Waals surface area contributed by atoms with Gasteiger partial charge in [-0.15, -0.1) is 0 Å². The lowest BCUT2D eigenvalue weighted by Crippen LogP contribution is -2.10. The Labute approximate surface area is 105 Å². The number of hydrogen-bond donors (Lipinski definition) is 1. The molecule has 1 aromatic rings. The fourth-order valence-electron chi connectivity index (χ4n) is 1.27. The Hall–Kier alpha value is -1.08. The lowest BCUT2D eigenvalue weighted by Gasteiger charge is -2.10. The van der Waals surface area contributed by atoms with E-state index in [0.717, 1.165) is 0 Å². The molecule has 0 saturated heterocycles. The van der Waals surface area contributed by atoms with Crippen LogP contribution in [0.4, 0.5) is 8.78 Å². The third-order valence-electron chi connectivity index (χ3n) is 2.09. The Balaban J connectivity index is 3.19. The Morgan fingerprint density at radius 1 is 1.65 bits per heavy atom. The van der Waals surface area contributed by atoms with Crippen molar-refractivity contribution in [2.45, 2.75) is 19.4 Å². The van der Waals surface area contributed by atoms with Crippen LogP contribution in [-0.2, 0) is 22.5 Å². The molecule has 17 heavy (non-hydrogen) atoms. The van der Waals surface area contributed by atoms with E-state index in [1.807, 2.05) is 0 Å².